The van der Waals surface area contributed by atoms with Gasteiger partial charge in [0.25, 0.3) is 0 Å². The molecule has 0 aliphatic carbocycles. The van der Waals surface area contributed by atoms with Crippen LogP contribution in [0.1, 0.15) is 6.92 Å². The summed E-state index contributed by atoms with van der Waals surface area (Å²) in [6.45, 7) is 2.82. The van der Waals surface area contributed by atoms with Crippen molar-refractivity contribution in [2.45, 2.75) is 6.92 Å². The Balaban J connectivity index is 3.95. The number of carbonyl (C=O) groups excluding carboxylic acids is 1. The van der Waals surface area contributed by atoms with Crippen LogP contribution < -0.4 is 5.32 Å². The third-order valence-corrected chi connectivity index (χ3v) is 1.14. The average molecular weight is 154 g/mol. The highest BCUT2D eigenvalue weighted by molar-refractivity contribution is 5.44. The Bertz CT molecular complexity index is 181. The molecule has 0 saturated heterocycles. The fourth-order valence-corrected chi connectivity index (χ4v) is 0.793. The van der Waals surface area contributed by atoms with Gasteiger partial charge in [0.05, 0.1) is 6.20 Å². The van der Waals surface area contributed by atoms with Crippen molar-refractivity contribution >= 4 is 5.94 Å². The predicted molar refractivity (Wildman–Crippen MR) is 45.7 cm³/mol. The molecule has 0 bridgehead atoms. The van der Waals surface area contributed by atoms with Crippen LogP contribution in [0, 0.1) is 0 Å². The minimum absolute atomic E-state index is 0.830. The van der Waals surface area contributed by atoms with Gasteiger partial charge in [-0.15, -0.1) is 0 Å². The molecule has 0 atom stereocenters. The van der Waals surface area contributed by atoms with Gasteiger partial charge in [-0.1, -0.05) is 0 Å². The number of nitrogens with one attached hydrogen (secondary N) is 1. The maximum absolute atomic E-state index is 9.89. The molecule has 0 aromatic rings. The highest BCUT2D eigenvalue weighted by atomic mass is 16.1. The van der Waals surface area contributed by atoms with Crippen LogP contribution in [-0.2, 0) is 4.79 Å². The largest absolute Gasteiger partial charge is 0.348 e. The molecule has 0 fully saturated rings. The molecule has 0 radical (unpaired) electrons. The summed E-state index contributed by atoms with van der Waals surface area (Å²) in [4.78, 5) is 11.6. The van der Waals surface area contributed by atoms with Crippen molar-refractivity contribution in [2.24, 2.45) is 0 Å². The Morgan fingerprint density at radius 3 is 2.82 bits per heavy atom. The fraction of sp³-hybridized carbons (Fsp3) is 0.500. The zero-order valence-corrected chi connectivity index (χ0v) is 7.22. The lowest BCUT2D eigenvalue weighted by atomic mass is 10.3. The van der Waals surface area contributed by atoms with Crippen LogP contribution in [0.25, 0.3) is 0 Å². The molecule has 3 heteroatoms. The second kappa shape index (κ2) is 5.71. The van der Waals surface area contributed by atoms with E-state index in [1.807, 2.05) is 20.2 Å². The van der Waals surface area contributed by atoms with Gasteiger partial charge in [-0.25, -0.2) is 4.79 Å². The van der Waals surface area contributed by atoms with Gasteiger partial charge in [0.1, 0.15) is 5.94 Å². The quantitative estimate of drug-likeness (QED) is 0.594. The monoisotopic (exact) mass is 154 g/mol. The van der Waals surface area contributed by atoms with Gasteiger partial charge in [0, 0.05) is 19.8 Å². The van der Waals surface area contributed by atoms with E-state index in [4.69, 9.17) is 0 Å². The van der Waals surface area contributed by atoms with Crippen LogP contribution in [-0.4, -0.2) is 31.5 Å². The molecule has 0 saturated carbocycles. The minimum Gasteiger partial charge on any atom is -0.348 e. The van der Waals surface area contributed by atoms with Crippen molar-refractivity contribution in [3.63, 3.8) is 0 Å². The maximum atomic E-state index is 9.89. The summed E-state index contributed by atoms with van der Waals surface area (Å²) in [5.41, 5.74) is 1.17. The summed E-state index contributed by atoms with van der Waals surface area (Å²) in [5.74, 6) is 1.70. The molecule has 0 aromatic heterocycles. The Morgan fingerprint density at radius 1 is 1.73 bits per heavy atom. The molecule has 0 amide bonds. The second-order valence-corrected chi connectivity index (χ2v) is 2.42. The molecule has 11 heavy (non-hydrogen) atoms. The second-order valence-electron chi connectivity index (χ2n) is 2.42. The van der Waals surface area contributed by atoms with Gasteiger partial charge < -0.3 is 10.2 Å². The van der Waals surface area contributed by atoms with E-state index in [0.29, 0.717) is 0 Å². The van der Waals surface area contributed by atoms with Gasteiger partial charge in [-0.3, -0.25) is 0 Å². The third kappa shape index (κ3) is 5.40. The smallest absolute Gasteiger partial charge is 0.142 e. The zero-order valence-electron chi connectivity index (χ0n) is 7.22. The molecule has 0 spiro atoms. The molecule has 62 valence electrons. The predicted octanol–water partition coefficient (Wildman–Crippen LogP) is 0.387. The Labute approximate surface area is 67.4 Å². The molecule has 0 aromatic carbocycles. The van der Waals surface area contributed by atoms with Crippen molar-refractivity contribution in [1.29, 1.82) is 0 Å². The van der Waals surface area contributed by atoms with Crippen molar-refractivity contribution in [3.05, 3.63) is 18.0 Å². The van der Waals surface area contributed by atoms with E-state index >= 15 is 0 Å². The van der Waals surface area contributed by atoms with Crippen molar-refractivity contribution in [2.75, 3.05) is 20.6 Å². The van der Waals surface area contributed by atoms with E-state index in [-0.39, 0.29) is 0 Å². The summed E-state index contributed by atoms with van der Waals surface area (Å²) < 4.78 is 0. The number of hydrogen-bond donors (Lipinski definition) is 1. The minimum atomic E-state index is 0.830. The topological polar surface area (TPSA) is 32.3 Å². The van der Waals surface area contributed by atoms with E-state index in [0.717, 1.165) is 6.54 Å². The van der Waals surface area contributed by atoms with Crippen molar-refractivity contribution in [3.8, 4) is 0 Å². The average Bonchev–Trinajstić information content (AvgIpc) is 1.87. The van der Waals surface area contributed by atoms with E-state index in [1.54, 1.807) is 17.9 Å². The molecular weight excluding hydrogens is 140 g/mol. The van der Waals surface area contributed by atoms with Crippen molar-refractivity contribution in [1.82, 2.24) is 10.2 Å². The number of rotatable bonds is 4. The normalized spacial score (nSPS) is 10.6. The highest BCUT2D eigenvalue weighted by Crippen LogP contribution is 1.92. The van der Waals surface area contributed by atoms with Crippen LogP contribution in [0.2, 0.25) is 0 Å². The van der Waals surface area contributed by atoms with Crippen LogP contribution >= 0.6 is 0 Å². The van der Waals surface area contributed by atoms with Gasteiger partial charge in [0.2, 0.25) is 0 Å². The molecule has 0 aliphatic rings. The third-order valence-electron chi connectivity index (χ3n) is 1.14. The summed E-state index contributed by atoms with van der Waals surface area (Å²) in [7, 11) is 3.68. The van der Waals surface area contributed by atoms with Crippen LogP contribution in [0.5, 0.6) is 0 Å². The van der Waals surface area contributed by atoms with Crippen LogP contribution in [0.15, 0.2) is 18.0 Å². The van der Waals surface area contributed by atoms with E-state index in [1.165, 1.54) is 11.8 Å². The van der Waals surface area contributed by atoms with Gasteiger partial charge in [0.15, 0.2) is 0 Å². The number of likely N-dealkylation sites (N-methyl/N-ethyl adjacent to an activating group) is 1. The zero-order chi connectivity index (χ0) is 8.69. The number of nitrogens with zero attached hydrogens (tertiary/aromatic N) is 1. The fourth-order valence-electron chi connectivity index (χ4n) is 0.793. The van der Waals surface area contributed by atoms with E-state index in [9.17, 15) is 4.79 Å². The van der Waals surface area contributed by atoms with Crippen LogP contribution in [0.3, 0.4) is 0 Å². The lowest BCUT2D eigenvalue weighted by Gasteiger charge is -2.07. The SMILES string of the molecule is CNC/C(C)=C\N(C)C=C=O. The molecule has 0 aliphatic heterocycles. The molecular formula is C8H14N2O. The standard InChI is InChI=1S/C8H14N2O/c1-8(6-9-2)7-10(3)4-5-11/h4,7,9H,6H2,1-3H3/b8-7-. The summed E-state index contributed by atoms with van der Waals surface area (Å²) in [6, 6.07) is 0. The first-order valence-electron chi connectivity index (χ1n) is 3.45. The summed E-state index contributed by atoms with van der Waals surface area (Å²) >= 11 is 0. The Hall–Kier alpha value is -1.05. The lowest BCUT2D eigenvalue weighted by molar-refractivity contribution is 0.555. The van der Waals surface area contributed by atoms with Gasteiger partial charge in [-0.2, -0.15) is 0 Å². The first-order valence-corrected chi connectivity index (χ1v) is 3.45. The lowest BCUT2D eigenvalue weighted by Crippen LogP contribution is -2.11. The molecule has 0 rings (SSSR count). The molecule has 0 unspecified atom stereocenters. The Kier molecular flexibility index (Phi) is 5.17. The first kappa shape index (κ1) is 9.95. The van der Waals surface area contributed by atoms with E-state index < -0.39 is 0 Å². The molecule has 1 N–H and O–H groups in total. The van der Waals surface area contributed by atoms with Gasteiger partial charge >= 0.3 is 0 Å². The van der Waals surface area contributed by atoms with Crippen molar-refractivity contribution < 1.29 is 4.79 Å². The maximum Gasteiger partial charge on any atom is 0.142 e. The highest BCUT2D eigenvalue weighted by Gasteiger charge is 1.87. The van der Waals surface area contributed by atoms with E-state index in [2.05, 4.69) is 5.32 Å². The number of hydrogen-bond acceptors (Lipinski definition) is 3. The van der Waals surface area contributed by atoms with Gasteiger partial charge in [-0.05, 0) is 19.5 Å². The Morgan fingerprint density at radius 2 is 2.36 bits per heavy atom. The molecule has 3 nitrogen and oxygen atoms in total. The molecule has 0 heterocycles. The summed E-state index contributed by atoms with van der Waals surface area (Å²) in [5, 5.41) is 3.01. The van der Waals surface area contributed by atoms with Crippen LogP contribution in [0.4, 0.5) is 0 Å². The first-order chi connectivity index (χ1) is 5.20. The summed E-state index contributed by atoms with van der Waals surface area (Å²) in [6.07, 6.45) is 3.22.